The standard InChI is InChI=1S/C9H9ClINO2/c10-6-1-2-7(8(13)5-6)9(14)12-4-3-11/h1-2,5,13H,3-4H2,(H,12,14). The van der Waals surface area contributed by atoms with E-state index in [0.29, 0.717) is 11.6 Å². The number of halogens is 2. The van der Waals surface area contributed by atoms with E-state index in [1.807, 2.05) is 0 Å². The van der Waals surface area contributed by atoms with Crippen LogP contribution < -0.4 is 5.32 Å². The number of phenolic OH excluding ortho intramolecular Hbond substituents is 1. The first-order chi connectivity index (χ1) is 6.65. The molecule has 0 atom stereocenters. The van der Waals surface area contributed by atoms with E-state index in [1.165, 1.54) is 12.1 Å². The maximum Gasteiger partial charge on any atom is 0.255 e. The summed E-state index contributed by atoms with van der Waals surface area (Å²) in [5, 5.41) is 12.5. The predicted molar refractivity (Wildman–Crippen MR) is 64.3 cm³/mol. The molecule has 0 aliphatic carbocycles. The van der Waals surface area contributed by atoms with E-state index in [2.05, 4.69) is 27.9 Å². The van der Waals surface area contributed by atoms with Crippen LogP contribution in [0.3, 0.4) is 0 Å². The van der Waals surface area contributed by atoms with Crippen molar-refractivity contribution in [3.63, 3.8) is 0 Å². The molecule has 3 nitrogen and oxygen atoms in total. The highest BCUT2D eigenvalue weighted by molar-refractivity contribution is 14.1. The number of hydrogen-bond acceptors (Lipinski definition) is 2. The van der Waals surface area contributed by atoms with Crippen molar-refractivity contribution in [1.82, 2.24) is 5.32 Å². The highest BCUT2D eigenvalue weighted by Crippen LogP contribution is 2.21. The van der Waals surface area contributed by atoms with E-state index in [4.69, 9.17) is 11.6 Å². The third kappa shape index (κ3) is 3.02. The molecule has 2 N–H and O–H groups in total. The molecule has 0 saturated heterocycles. The molecule has 1 rings (SSSR count). The first-order valence-electron chi connectivity index (χ1n) is 3.98. The van der Waals surface area contributed by atoms with E-state index in [9.17, 15) is 9.90 Å². The fourth-order valence-corrected chi connectivity index (χ4v) is 1.39. The maximum atomic E-state index is 11.4. The van der Waals surface area contributed by atoms with Gasteiger partial charge in [-0.15, -0.1) is 0 Å². The molecule has 0 spiro atoms. The van der Waals surface area contributed by atoms with Gasteiger partial charge in [-0.25, -0.2) is 0 Å². The lowest BCUT2D eigenvalue weighted by atomic mass is 10.2. The molecule has 0 bridgehead atoms. The normalized spacial score (nSPS) is 9.86. The molecule has 0 aliphatic rings. The Labute approximate surface area is 101 Å². The molecule has 14 heavy (non-hydrogen) atoms. The van der Waals surface area contributed by atoms with Gasteiger partial charge < -0.3 is 10.4 Å². The van der Waals surface area contributed by atoms with Crippen molar-refractivity contribution in [2.45, 2.75) is 0 Å². The molecule has 76 valence electrons. The SMILES string of the molecule is O=C(NCCI)c1ccc(Cl)cc1O. The third-order valence-electron chi connectivity index (χ3n) is 1.58. The van der Waals surface area contributed by atoms with Crippen LogP contribution in [0.5, 0.6) is 5.75 Å². The number of benzene rings is 1. The number of amides is 1. The Balaban J connectivity index is 2.80. The lowest BCUT2D eigenvalue weighted by molar-refractivity contribution is 0.0954. The Morgan fingerprint density at radius 2 is 2.29 bits per heavy atom. The largest absolute Gasteiger partial charge is 0.507 e. The molecule has 5 heteroatoms. The Bertz CT molecular complexity index is 344. The van der Waals surface area contributed by atoms with Crippen LogP contribution >= 0.6 is 34.2 Å². The van der Waals surface area contributed by atoms with Crippen LogP contribution in [0.25, 0.3) is 0 Å². The Hall–Kier alpha value is -0.490. The monoisotopic (exact) mass is 325 g/mol. The van der Waals surface area contributed by atoms with Gasteiger partial charge in [0.2, 0.25) is 0 Å². The van der Waals surface area contributed by atoms with Gasteiger partial charge in [-0.1, -0.05) is 34.2 Å². The van der Waals surface area contributed by atoms with Gasteiger partial charge in [0.1, 0.15) is 5.75 Å². The number of nitrogens with one attached hydrogen (secondary N) is 1. The summed E-state index contributed by atoms with van der Waals surface area (Å²) < 4.78 is 0.831. The third-order valence-corrected chi connectivity index (χ3v) is 2.36. The van der Waals surface area contributed by atoms with Crippen LogP contribution in [0.2, 0.25) is 5.02 Å². The summed E-state index contributed by atoms with van der Waals surface area (Å²) in [6, 6.07) is 4.42. The molecular formula is C9H9ClINO2. The Morgan fingerprint density at radius 1 is 1.57 bits per heavy atom. The fraction of sp³-hybridized carbons (Fsp3) is 0.222. The molecular weight excluding hydrogens is 316 g/mol. The number of alkyl halides is 1. The molecule has 0 radical (unpaired) electrons. The van der Waals surface area contributed by atoms with Crippen molar-refractivity contribution in [2.24, 2.45) is 0 Å². The minimum absolute atomic E-state index is 0.0940. The van der Waals surface area contributed by atoms with Crippen molar-refractivity contribution in [3.8, 4) is 5.75 Å². The molecule has 1 aromatic rings. The van der Waals surface area contributed by atoms with Gasteiger partial charge in [-0.3, -0.25) is 4.79 Å². The fourth-order valence-electron chi connectivity index (χ4n) is 0.953. The first kappa shape index (κ1) is 11.6. The number of hydrogen-bond donors (Lipinski definition) is 2. The van der Waals surface area contributed by atoms with Crippen LogP contribution in [-0.4, -0.2) is 22.0 Å². The molecule has 1 aromatic carbocycles. The minimum atomic E-state index is -0.282. The highest BCUT2D eigenvalue weighted by atomic mass is 127. The quantitative estimate of drug-likeness (QED) is 0.661. The summed E-state index contributed by atoms with van der Waals surface area (Å²) in [6.07, 6.45) is 0. The van der Waals surface area contributed by atoms with Crippen molar-refractivity contribution in [3.05, 3.63) is 28.8 Å². The second-order valence-corrected chi connectivity index (χ2v) is 4.12. The van der Waals surface area contributed by atoms with Gasteiger partial charge in [0.25, 0.3) is 5.91 Å². The van der Waals surface area contributed by atoms with Crippen LogP contribution in [0.15, 0.2) is 18.2 Å². The van der Waals surface area contributed by atoms with Gasteiger partial charge in [-0.05, 0) is 18.2 Å². The number of phenols is 1. The van der Waals surface area contributed by atoms with Crippen LogP contribution in [0, 0.1) is 0 Å². The highest BCUT2D eigenvalue weighted by Gasteiger charge is 2.09. The number of carbonyl (C=O) groups is 1. The van der Waals surface area contributed by atoms with Crippen LogP contribution in [-0.2, 0) is 0 Å². The first-order valence-corrected chi connectivity index (χ1v) is 5.88. The average Bonchev–Trinajstić information content (AvgIpc) is 2.14. The van der Waals surface area contributed by atoms with Gasteiger partial charge in [-0.2, -0.15) is 0 Å². The molecule has 0 fully saturated rings. The summed E-state index contributed by atoms with van der Waals surface area (Å²) in [6.45, 7) is 0.585. The van der Waals surface area contributed by atoms with E-state index in [1.54, 1.807) is 6.07 Å². The van der Waals surface area contributed by atoms with Gasteiger partial charge in [0, 0.05) is 16.0 Å². The number of rotatable bonds is 3. The molecule has 0 unspecified atom stereocenters. The molecule has 0 heterocycles. The Kier molecular flexibility index (Phi) is 4.47. The summed E-state index contributed by atoms with van der Waals surface area (Å²) in [7, 11) is 0. The van der Waals surface area contributed by atoms with Crippen LogP contribution in [0.4, 0.5) is 0 Å². The van der Waals surface area contributed by atoms with Crippen molar-refractivity contribution < 1.29 is 9.90 Å². The second kappa shape index (κ2) is 5.41. The van der Waals surface area contributed by atoms with E-state index in [0.717, 1.165) is 4.43 Å². The molecule has 0 aliphatic heterocycles. The summed E-state index contributed by atoms with van der Waals surface area (Å²) in [5.41, 5.74) is 0.249. The zero-order valence-electron chi connectivity index (χ0n) is 7.26. The van der Waals surface area contributed by atoms with E-state index in [-0.39, 0.29) is 17.2 Å². The van der Waals surface area contributed by atoms with Gasteiger partial charge in [0.05, 0.1) is 5.56 Å². The van der Waals surface area contributed by atoms with E-state index >= 15 is 0 Å². The maximum absolute atomic E-state index is 11.4. The van der Waals surface area contributed by atoms with Gasteiger partial charge in [0.15, 0.2) is 0 Å². The second-order valence-electron chi connectivity index (χ2n) is 2.61. The van der Waals surface area contributed by atoms with Crippen LogP contribution in [0.1, 0.15) is 10.4 Å². The zero-order chi connectivity index (χ0) is 10.6. The number of aromatic hydroxyl groups is 1. The van der Waals surface area contributed by atoms with Crippen molar-refractivity contribution in [1.29, 1.82) is 0 Å². The zero-order valence-corrected chi connectivity index (χ0v) is 10.2. The smallest absolute Gasteiger partial charge is 0.255 e. The minimum Gasteiger partial charge on any atom is -0.507 e. The van der Waals surface area contributed by atoms with Gasteiger partial charge >= 0.3 is 0 Å². The summed E-state index contributed by atoms with van der Waals surface area (Å²) in [5.74, 6) is -0.376. The topological polar surface area (TPSA) is 49.3 Å². The average molecular weight is 326 g/mol. The summed E-state index contributed by atoms with van der Waals surface area (Å²) >= 11 is 7.79. The molecule has 1 amide bonds. The van der Waals surface area contributed by atoms with Crippen molar-refractivity contribution >= 4 is 40.1 Å². The predicted octanol–water partition coefficient (Wildman–Crippen LogP) is 2.21. The summed E-state index contributed by atoms with van der Waals surface area (Å²) in [4.78, 5) is 11.4. The van der Waals surface area contributed by atoms with Crippen molar-refractivity contribution in [2.75, 3.05) is 11.0 Å². The lowest BCUT2D eigenvalue weighted by Gasteiger charge is -2.05. The number of carbonyl (C=O) groups excluding carboxylic acids is 1. The molecule has 0 aromatic heterocycles. The Morgan fingerprint density at radius 3 is 2.86 bits per heavy atom. The van der Waals surface area contributed by atoms with E-state index < -0.39 is 0 Å². The lowest BCUT2D eigenvalue weighted by Crippen LogP contribution is -2.25. The molecule has 0 saturated carbocycles.